The third kappa shape index (κ3) is 4.19. The Labute approximate surface area is 121 Å². The molecule has 0 saturated heterocycles. The van der Waals surface area contributed by atoms with Crippen LogP contribution in [0.3, 0.4) is 0 Å². The molecule has 0 bridgehead atoms. The average molecular weight is 298 g/mol. The topological polar surface area (TPSA) is 102 Å². The highest BCUT2D eigenvalue weighted by Crippen LogP contribution is 2.21. The van der Waals surface area contributed by atoms with Gasteiger partial charge >= 0.3 is 6.03 Å². The molecule has 1 aliphatic carbocycles. The molecule has 8 nitrogen and oxygen atoms in total. The number of thioether (sulfide) groups is 1. The Morgan fingerprint density at radius 3 is 2.70 bits per heavy atom. The van der Waals surface area contributed by atoms with Crippen molar-refractivity contribution in [2.24, 2.45) is 0 Å². The van der Waals surface area contributed by atoms with Crippen LogP contribution < -0.4 is 10.6 Å². The summed E-state index contributed by atoms with van der Waals surface area (Å²) in [4.78, 5) is 23.0. The Bertz CT molecular complexity index is 505. The molecule has 1 saturated carbocycles. The number of nitrogens with zero attached hydrogens (tertiary/aromatic N) is 4. The van der Waals surface area contributed by atoms with Gasteiger partial charge in [0.25, 0.3) is 0 Å². The monoisotopic (exact) mass is 298 g/mol. The van der Waals surface area contributed by atoms with Crippen LogP contribution in [-0.2, 0) is 10.3 Å². The Kier molecular flexibility index (Phi) is 4.26. The summed E-state index contributed by atoms with van der Waals surface area (Å²) < 4.78 is 1.65. The predicted molar refractivity (Wildman–Crippen MR) is 73.2 cm³/mol. The molecule has 110 valence electrons. The van der Waals surface area contributed by atoms with Crippen LogP contribution in [0.15, 0.2) is 5.16 Å². The molecule has 1 aromatic heterocycles. The van der Waals surface area contributed by atoms with Gasteiger partial charge in [-0.3, -0.25) is 10.1 Å². The van der Waals surface area contributed by atoms with E-state index in [9.17, 15) is 9.59 Å². The number of rotatable bonds is 4. The second-order valence-electron chi connectivity index (χ2n) is 5.63. The molecule has 1 aromatic rings. The first-order chi connectivity index (χ1) is 9.36. The molecule has 1 heterocycles. The van der Waals surface area contributed by atoms with Gasteiger partial charge in [0, 0.05) is 6.04 Å². The molecule has 0 aromatic carbocycles. The number of amides is 3. The van der Waals surface area contributed by atoms with Crippen LogP contribution in [0.1, 0.15) is 33.6 Å². The maximum absolute atomic E-state index is 11.6. The zero-order valence-corrected chi connectivity index (χ0v) is 12.5. The zero-order chi connectivity index (χ0) is 14.8. The van der Waals surface area contributed by atoms with Crippen LogP contribution in [0.4, 0.5) is 4.79 Å². The quantitative estimate of drug-likeness (QED) is 0.785. The summed E-state index contributed by atoms with van der Waals surface area (Å²) in [5.41, 5.74) is -0.258. The van der Waals surface area contributed by atoms with E-state index in [2.05, 4.69) is 26.2 Å². The fraction of sp³-hybridized carbons (Fsp3) is 0.727. The van der Waals surface area contributed by atoms with Gasteiger partial charge in [-0.05, 0) is 44.0 Å². The van der Waals surface area contributed by atoms with Crippen molar-refractivity contribution < 1.29 is 9.59 Å². The molecule has 1 aliphatic rings. The van der Waals surface area contributed by atoms with E-state index in [1.807, 2.05) is 20.8 Å². The van der Waals surface area contributed by atoms with Crippen molar-refractivity contribution in [3.05, 3.63) is 0 Å². The van der Waals surface area contributed by atoms with Crippen molar-refractivity contribution in [1.82, 2.24) is 30.8 Å². The zero-order valence-electron chi connectivity index (χ0n) is 11.7. The minimum absolute atomic E-state index is 0.0918. The van der Waals surface area contributed by atoms with Crippen LogP contribution in [0.5, 0.6) is 0 Å². The van der Waals surface area contributed by atoms with Crippen LogP contribution >= 0.6 is 11.8 Å². The van der Waals surface area contributed by atoms with E-state index in [0.29, 0.717) is 5.16 Å². The predicted octanol–water partition coefficient (Wildman–Crippen LogP) is 0.508. The van der Waals surface area contributed by atoms with E-state index < -0.39 is 6.03 Å². The highest BCUT2D eigenvalue weighted by atomic mass is 32.2. The highest BCUT2D eigenvalue weighted by Gasteiger charge is 2.24. The molecule has 0 radical (unpaired) electrons. The highest BCUT2D eigenvalue weighted by molar-refractivity contribution is 7.99. The van der Waals surface area contributed by atoms with Crippen LogP contribution in [0, 0.1) is 0 Å². The van der Waals surface area contributed by atoms with Gasteiger partial charge in [-0.1, -0.05) is 11.8 Å². The third-order valence-electron chi connectivity index (χ3n) is 2.57. The lowest BCUT2D eigenvalue weighted by atomic mass is 10.1. The van der Waals surface area contributed by atoms with Crippen molar-refractivity contribution in [1.29, 1.82) is 0 Å². The van der Waals surface area contributed by atoms with Gasteiger partial charge in [0.2, 0.25) is 11.1 Å². The molecular formula is C11H18N6O2S. The van der Waals surface area contributed by atoms with Crippen LogP contribution in [0.2, 0.25) is 0 Å². The number of nitrogens with one attached hydrogen (secondary N) is 2. The third-order valence-corrected chi connectivity index (χ3v) is 3.49. The normalized spacial score (nSPS) is 14.9. The number of imide groups is 1. The van der Waals surface area contributed by atoms with Crippen molar-refractivity contribution >= 4 is 23.7 Å². The van der Waals surface area contributed by atoms with E-state index in [-0.39, 0.29) is 23.2 Å². The molecule has 2 rings (SSSR count). The maximum atomic E-state index is 11.6. The van der Waals surface area contributed by atoms with E-state index in [0.717, 1.165) is 12.8 Å². The van der Waals surface area contributed by atoms with Crippen molar-refractivity contribution in [3.63, 3.8) is 0 Å². The Morgan fingerprint density at radius 1 is 1.40 bits per heavy atom. The number of carbonyl (C=O) groups is 2. The molecular weight excluding hydrogens is 280 g/mol. The minimum atomic E-state index is -0.437. The number of hydrogen-bond acceptors (Lipinski definition) is 6. The standard InChI is InChI=1S/C11H18N6O2S/c1-11(2,3)17-10(14-15-16-17)20-6-8(18)13-9(19)12-7-4-5-7/h7H,4-6H2,1-3H3,(H2,12,13,18,19). The van der Waals surface area contributed by atoms with E-state index >= 15 is 0 Å². The largest absolute Gasteiger partial charge is 0.335 e. The number of tetrazole rings is 1. The smallest absolute Gasteiger partial charge is 0.321 e. The fourth-order valence-corrected chi connectivity index (χ4v) is 2.29. The second kappa shape index (κ2) is 5.78. The number of carbonyl (C=O) groups excluding carboxylic acids is 2. The minimum Gasteiger partial charge on any atom is -0.335 e. The lowest BCUT2D eigenvalue weighted by Gasteiger charge is -2.19. The Balaban J connectivity index is 1.81. The van der Waals surface area contributed by atoms with E-state index in [4.69, 9.17) is 0 Å². The van der Waals surface area contributed by atoms with E-state index in [1.165, 1.54) is 11.8 Å². The molecule has 0 atom stereocenters. The molecule has 1 fully saturated rings. The lowest BCUT2D eigenvalue weighted by molar-refractivity contribution is -0.117. The maximum Gasteiger partial charge on any atom is 0.321 e. The van der Waals surface area contributed by atoms with Gasteiger partial charge in [0.05, 0.1) is 11.3 Å². The molecule has 20 heavy (non-hydrogen) atoms. The molecule has 0 unspecified atom stereocenters. The number of hydrogen-bond donors (Lipinski definition) is 2. The Morgan fingerprint density at radius 2 is 2.10 bits per heavy atom. The van der Waals surface area contributed by atoms with Gasteiger partial charge in [0.1, 0.15) is 0 Å². The summed E-state index contributed by atoms with van der Waals surface area (Å²) in [6.45, 7) is 5.91. The van der Waals surface area contributed by atoms with Crippen LogP contribution in [0.25, 0.3) is 0 Å². The van der Waals surface area contributed by atoms with Crippen molar-refractivity contribution in [2.45, 2.75) is 50.4 Å². The Hall–Kier alpha value is -1.64. The first-order valence-corrected chi connectivity index (χ1v) is 7.37. The van der Waals surface area contributed by atoms with Gasteiger partial charge in [0.15, 0.2) is 0 Å². The summed E-state index contributed by atoms with van der Waals surface area (Å²) in [5, 5.41) is 16.9. The van der Waals surface area contributed by atoms with Crippen molar-refractivity contribution in [3.8, 4) is 0 Å². The summed E-state index contributed by atoms with van der Waals surface area (Å²) in [5.74, 6) is -0.272. The summed E-state index contributed by atoms with van der Waals surface area (Å²) in [6, 6.07) is -0.211. The summed E-state index contributed by atoms with van der Waals surface area (Å²) in [7, 11) is 0. The second-order valence-corrected chi connectivity index (χ2v) is 6.57. The van der Waals surface area contributed by atoms with Gasteiger partial charge in [-0.25, -0.2) is 9.48 Å². The first-order valence-electron chi connectivity index (χ1n) is 6.38. The fourth-order valence-electron chi connectivity index (χ4n) is 1.43. The van der Waals surface area contributed by atoms with Gasteiger partial charge < -0.3 is 5.32 Å². The van der Waals surface area contributed by atoms with Crippen molar-refractivity contribution in [2.75, 3.05) is 5.75 Å². The SMILES string of the molecule is CC(C)(C)n1nnnc1SCC(=O)NC(=O)NC1CC1. The van der Waals surface area contributed by atoms with Gasteiger partial charge in [-0.15, -0.1) is 5.10 Å². The number of urea groups is 1. The molecule has 0 aliphatic heterocycles. The average Bonchev–Trinajstić information content (AvgIpc) is 2.99. The molecule has 9 heteroatoms. The van der Waals surface area contributed by atoms with Gasteiger partial charge in [-0.2, -0.15) is 0 Å². The lowest BCUT2D eigenvalue weighted by Crippen LogP contribution is -2.41. The van der Waals surface area contributed by atoms with E-state index in [1.54, 1.807) is 4.68 Å². The first kappa shape index (κ1) is 14.8. The molecule has 2 N–H and O–H groups in total. The summed E-state index contributed by atoms with van der Waals surface area (Å²) >= 11 is 1.20. The molecule has 0 spiro atoms. The number of aromatic nitrogens is 4. The summed E-state index contributed by atoms with van der Waals surface area (Å²) in [6.07, 6.45) is 1.97. The van der Waals surface area contributed by atoms with Crippen LogP contribution in [-0.4, -0.2) is 43.9 Å². The molecule has 3 amide bonds.